The molecular weight excluding hydrogens is 322 g/mol. The maximum absolute atomic E-state index is 11.8. The summed E-state index contributed by atoms with van der Waals surface area (Å²) in [7, 11) is 0. The molecule has 0 aliphatic rings. The summed E-state index contributed by atoms with van der Waals surface area (Å²) < 4.78 is 1.86. The van der Waals surface area contributed by atoms with Crippen molar-refractivity contribution in [2.24, 2.45) is 0 Å². The van der Waals surface area contributed by atoms with Crippen molar-refractivity contribution >= 4 is 11.5 Å². The summed E-state index contributed by atoms with van der Waals surface area (Å²) >= 11 is 0. The van der Waals surface area contributed by atoms with Gasteiger partial charge in [-0.2, -0.15) is 0 Å². The highest BCUT2D eigenvalue weighted by Gasteiger charge is 2.18. The summed E-state index contributed by atoms with van der Waals surface area (Å²) in [5, 5.41) is 9.67. The lowest BCUT2D eigenvalue weighted by atomic mass is 9.99. The van der Waals surface area contributed by atoms with Crippen molar-refractivity contribution in [1.29, 1.82) is 0 Å². The Labute approximate surface area is 152 Å². The van der Waals surface area contributed by atoms with Crippen LogP contribution in [-0.2, 0) is 12.8 Å². The minimum atomic E-state index is -0.901. The normalized spacial score (nSPS) is 10.9. The van der Waals surface area contributed by atoms with Crippen LogP contribution in [0.1, 0.15) is 21.5 Å². The number of aryl methyl sites for hydroxylation is 2. The van der Waals surface area contributed by atoms with Crippen molar-refractivity contribution in [3.63, 3.8) is 0 Å². The highest BCUT2D eigenvalue weighted by Crippen LogP contribution is 2.29. The highest BCUT2D eigenvalue weighted by molar-refractivity contribution is 6.03. The number of aromatic nitrogens is 1. The SMILES string of the molecule is O=C(O)c1c(-c2ccc(CCc3ccccc3)cc2)cn2ccccc12. The molecule has 2 aromatic heterocycles. The molecule has 4 aromatic rings. The van der Waals surface area contributed by atoms with Crippen LogP contribution in [0.15, 0.2) is 85.2 Å². The molecule has 0 saturated heterocycles. The lowest BCUT2D eigenvalue weighted by Gasteiger charge is -2.05. The molecule has 3 heteroatoms. The first kappa shape index (κ1) is 16.2. The van der Waals surface area contributed by atoms with E-state index in [0.717, 1.165) is 24.0 Å². The second-order valence-corrected chi connectivity index (χ2v) is 6.40. The number of hydrogen-bond donors (Lipinski definition) is 1. The highest BCUT2D eigenvalue weighted by atomic mass is 16.4. The van der Waals surface area contributed by atoms with Crippen LogP contribution in [0.2, 0.25) is 0 Å². The number of hydrogen-bond acceptors (Lipinski definition) is 1. The van der Waals surface area contributed by atoms with Crippen LogP contribution in [-0.4, -0.2) is 15.5 Å². The average molecular weight is 341 g/mol. The van der Waals surface area contributed by atoms with Gasteiger partial charge < -0.3 is 9.51 Å². The number of aromatic carboxylic acids is 1. The van der Waals surface area contributed by atoms with Crippen LogP contribution in [0.4, 0.5) is 0 Å². The molecule has 0 aliphatic heterocycles. The fraction of sp³-hybridized carbons (Fsp3) is 0.0870. The van der Waals surface area contributed by atoms with E-state index in [-0.39, 0.29) is 0 Å². The van der Waals surface area contributed by atoms with Gasteiger partial charge in [0, 0.05) is 18.0 Å². The van der Waals surface area contributed by atoms with Gasteiger partial charge >= 0.3 is 5.97 Å². The maximum atomic E-state index is 11.8. The summed E-state index contributed by atoms with van der Waals surface area (Å²) in [5.74, 6) is -0.901. The molecule has 0 atom stereocenters. The third kappa shape index (κ3) is 3.11. The van der Waals surface area contributed by atoms with Gasteiger partial charge in [-0.05, 0) is 41.7 Å². The van der Waals surface area contributed by atoms with E-state index in [4.69, 9.17) is 0 Å². The topological polar surface area (TPSA) is 41.7 Å². The maximum Gasteiger partial charge on any atom is 0.338 e. The molecule has 2 aromatic carbocycles. The Kier molecular flexibility index (Phi) is 4.28. The number of rotatable bonds is 5. The summed E-state index contributed by atoms with van der Waals surface area (Å²) in [6.07, 6.45) is 5.72. The van der Waals surface area contributed by atoms with Crippen LogP contribution in [0.5, 0.6) is 0 Å². The van der Waals surface area contributed by atoms with Gasteiger partial charge in [-0.1, -0.05) is 60.7 Å². The Bertz CT molecular complexity index is 1050. The lowest BCUT2D eigenvalue weighted by Crippen LogP contribution is -1.98. The van der Waals surface area contributed by atoms with E-state index in [0.29, 0.717) is 11.1 Å². The minimum Gasteiger partial charge on any atom is -0.478 e. The summed E-state index contributed by atoms with van der Waals surface area (Å²) in [4.78, 5) is 11.8. The number of carboxylic acids is 1. The Balaban J connectivity index is 1.62. The zero-order valence-corrected chi connectivity index (χ0v) is 14.3. The fourth-order valence-corrected chi connectivity index (χ4v) is 3.35. The molecular formula is C23H19NO2. The van der Waals surface area contributed by atoms with Crippen molar-refractivity contribution < 1.29 is 9.90 Å². The van der Waals surface area contributed by atoms with Crippen molar-refractivity contribution in [2.45, 2.75) is 12.8 Å². The molecule has 0 fully saturated rings. The molecule has 0 spiro atoms. The first-order chi connectivity index (χ1) is 12.7. The first-order valence-corrected chi connectivity index (χ1v) is 8.68. The molecule has 3 nitrogen and oxygen atoms in total. The molecule has 0 unspecified atom stereocenters. The van der Waals surface area contributed by atoms with E-state index in [1.54, 1.807) is 0 Å². The van der Waals surface area contributed by atoms with E-state index in [2.05, 4.69) is 36.4 Å². The third-order valence-corrected chi connectivity index (χ3v) is 4.71. The van der Waals surface area contributed by atoms with Gasteiger partial charge in [0.05, 0.1) is 11.1 Å². The van der Waals surface area contributed by atoms with E-state index >= 15 is 0 Å². The Morgan fingerprint density at radius 3 is 2.15 bits per heavy atom. The lowest BCUT2D eigenvalue weighted by molar-refractivity contribution is 0.0700. The molecule has 0 aliphatic carbocycles. The van der Waals surface area contributed by atoms with Gasteiger partial charge in [-0.15, -0.1) is 0 Å². The minimum absolute atomic E-state index is 0.350. The monoisotopic (exact) mass is 341 g/mol. The standard InChI is InChI=1S/C23H19NO2/c25-23(26)22-20(16-24-15-5-4-8-21(22)24)19-13-11-18(12-14-19)10-9-17-6-2-1-3-7-17/h1-8,11-16H,9-10H2,(H,25,26). The van der Waals surface area contributed by atoms with Gasteiger partial charge in [0.2, 0.25) is 0 Å². The van der Waals surface area contributed by atoms with Crippen LogP contribution < -0.4 is 0 Å². The van der Waals surface area contributed by atoms with E-state index in [9.17, 15) is 9.90 Å². The van der Waals surface area contributed by atoms with Crippen LogP contribution in [0.3, 0.4) is 0 Å². The summed E-state index contributed by atoms with van der Waals surface area (Å²) in [6.45, 7) is 0. The number of benzene rings is 2. The van der Waals surface area contributed by atoms with E-state index in [1.807, 2.05) is 53.2 Å². The van der Waals surface area contributed by atoms with Gasteiger partial charge in [0.1, 0.15) is 0 Å². The second-order valence-electron chi connectivity index (χ2n) is 6.40. The largest absolute Gasteiger partial charge is 0.478 e. The molecule has 128 valence electrons. The summed E-state index contributed by atoms with van der Waals surface area (Å²) in [5.41, 5.74) is 5.31. The molecule has 2 heterocycles. The third-order valence-electron chi connectivity index (χ3n) is 4.71. The zero-order valence-electron chi connectivity index (χ0n) is 14.3. The second kappa shape index (κ2) is 6.89. The van der Waals surface area contributed by atoms with Crippen LogP contribution in [0.25, 0.3) is 16.6 Å². The number of fused-ring (bicyclic) bond motifs is 1. The Hall–Kier alpha value is -3.33. The number of nitrogens with zero attached hydrogens (tertiary/aromatic N) is 1. The first-order valence-electron chi connectivity index (χ1n) is 8.68. The predicted octanol–water partition coefficient (Wildman–Crippen LogP) is 5.09. The smallest absolute Gasteiger partial charge is 0.338 e. The molecule has 0 amide bonds. The van der Waals surface area contributed by atoms with Crippen LogP contribution in [0, 0.1) is 0 Å². The predicted molar refractivity (Wildman–Crippen MR) is 104 cm³/mol. The van der Waals surface area contributed by atoms with Gasteiger partial charge in [-0.3, -0.25) is 0 Å². The van der Waals surface area contributed by atoms with Crippen molar-refractivity contribution in [3.8, 4) is 11.1 Å². The number of pyridine rings is 1. The fourth-order valence-electron chi connectivity index (χ4n) is 3.35. The van der Waals surface area contributed by atoms with E-state index in [1.165, 1.54) is 11.1 Å². The molecule has 4 rings (SSSR count). The molecule has 0 bridgehead atoms. The molecule has 26 heavy (non-hydrogen) atoms. The van der Waals surface area contributed by atoms with Crippen molar-refractivity contribution in [3.05, 3.63) is 102 Å². The Morgan fingerprint density at radius 1 is 0.808 bits per heavy atom. The van der Waals surface area contributed by atoms with Gasteiger partial charge in [0.15, 0.2) is 0 Å². The van der Waals surface area contributed by atoms with Gasteiger partial charge in [-0.25, -0.2) is 4.79 Å². The van der Waals surface area contributed by atoms with Crippen molar-refractivity contribution in [2.75, 3.05) is 0 Å². The number of carboxylic acid groups (broad SMARTS) is 1. The Morgan fingerprint density at radius 2 is 1.46 bits per heavy atom. The van der Waals surface area contributed by atoms with Gasteiger partial charge in [0.25, 0.3) is 0 Å². The van der Waals surface area contributed by atoms with Crippen molar-refractivity contribution in [1.82, 2.24) is 4.40 Å². The summed E-state index contributed by atoms with van der Waals surface area (Å²) in [6, 6.07) is 24.2. The number of carbonyl (C=O) groups is 1. The molecule has 0 saturated carbocycles. The zero-order chi connectivity index (χ0) is 17.9. The molecule has 1 N–H and O–H groups in total. The molecule has 0 radical (unpaired) electrons. The van der Waals surface area contributed by atoms with E-state index < -0.39 is 5.97 Å². The quantitative estimate of drug-likeness (QED) is 0.549. The average Bonchev–Trinajstić information content (AvgIpc) is 3.07. The van der Waals surface area contributed by atoms with Crippen LogP contribution >= 0.6 is 0 Å².